The van der Waals surface area contributed by atoms with Gasteiger partial charge in [0.1, 0.15) is 5.75 Å². The summed E-state index contributed by atoms with van der Waals surface area (Å²) in [6.45, 7) is 8.16. The van der Waals surface area contributed by atoms with E-state index in [-0.39, 0.29) is 16.6 Å². The van der Waals surface area contributed by atoms with E-state index in [0.717, 1.165) is 0 Å². The van der Waals surface area contributed by atoms with Crippen molar-refractivity contribution in [1.29, 1.82) is 0 Å². The van der Waals surface area contributed by atoms with Crippen molar-refractivity contribution in [2.45, 2.75) is 38.7 Å². The SMILES string of the molecule is CCOc1ccc(S(=O)(=O)NNC(=O)c2ccc(OC(C)C)cc2)cc1OCC. The zero-order valence-corrected chi connectivity index (χ0v) is 17.7. The van der Waals surface area contributed by atoms with Gasteiger partial charge in [0.2, 0.25) is 0 Å². The van der Waals surface area contributed by atoms with Crippen LogP contribution in [0.15, 0.2) is 47.4 Å². The smallest absolute Gasteiger partial charge is 0.266 e. The van der Waals surface area contributed by atoms with E-state index >= 15 is 0 Å². The van der Waals surface area contributed by atoms with E-state index in [0.29, 0.717) is 30.5 Å². The van der Waals surface area contributed by atoms with Crippen LogP contribution in [0.4, 0.5) is 0 Å². The molecule has 0 aromatic heterocycles. The number of nitrogens with one attached hydrogen (secondary N) is 2. The van der Waals surface area contributed by atoms with Gasteiger partial charge in [-0.1, -0.05) is 0 Å². The first-order valence-electron chi connectivity index (χ1n) is 9.25. The van der Waals surface area contributed by atoms with Crippen LogP contribution >= 0.6 is 0 Å². The first-order chi connectivity index (χ1) is 13.8. The van der Waals surface area contributed by atoms with E-state index < -0.39 is 15.9 Å². The van der Waals surface area contributed by atoms with Crippen LogP contribution in [-0.4, -0.2) is 33.6 Å². The molecule has 0 saturated heterocycles. The average molecular weight is 423 g/mol. The fourth-order valence-electron chi connectivity index (χ4n) is 2.40. The Morgan fingerprint density at radius 3 is 2.17 bits per heavy atom. The maximum Gasteiger partial charge on any atom is 0.266 e. The van der Waals surface area contributed by atoms with Crippen molar-refractivity contribution in [2.24, 2.45) is 0 Å². The maximum absolute atomic E-state index is 12.5. The van der Waals surface area contributed by atoms with Crippen LogP contribution < -0.4 is 24.5 Å². The monoisotopic (exact) mass is 422 g/mol. The predicted molar refractivity (Wildman–Crippen MR) is 109 cm³/mol. The Balaban J connectivity index is 2.09. The zero-order valence-electron chi connectivity index (χ0n) is 16.9. The first kappa shape index (κ1) is 22.5. The van der Waals surface area contributed by atoms with Gasteiger partial charge in [-0.2, -0.15) is 0 Å². The average Bonchev–Trinajstić information content (AvgIpc) is 2.68. The highest BCUT2D eigenvalue weighted by molar-refractivity contribution is 7.89. The zero-order chi connectivity index (χ0) is 21.4. The molecule has 0 atom stereocenters. The molecular weight excluding hydrogens is 396 g/mol. The summed E-state index contributed by atoms with van der Waals surface area (Å²) in [5, 5.41) is 0. The quantitative estimate of drug-likeness (QED) is 0.571. The fraction of sp³-hybridized carbons (Fsp3) is 0.350. The minimum atomic E-state index is -4.00. The predicted octanol–water partition coefficient (Wildman–Crippen LogP) is 2.89. The van der Waals surface area contributed by atoms with Gasteiger partial charge in [-0.3, -0.25) is 10.2 Å². The van der Waals surface area contributed by atoms with Gasteiger partial charge in [-0.25, -0.2) is 8.42 Å². The first-order valence-corrected chi connectivity index (χ1v) is 10.7. The maximum atomic E-state index is 12.5. The van der Waals surface area contributed by atoms with Gasteiger partial charge < -0.3 is 14.2 Å². The number of hydrogen-bond donors (Lipinski definition) is 2. The molecule has 1 amide bonds. The molecule has 0 saturated carbocycles. The summed E-state index contributed by atoms with van der Waals surface area (Å²) in [5.74, 6) is 0.779. The van der Waals surface area contributed by atoms with E-state index in [1.54, 1.807) is 31.2 Å². The van der Waals surface area contributed by atoms with Gasteiger partial charge in [0, 0.05) is 11.6 Å². The van der Waals surface area contributed by atoms with E-state index in [1.807, 2.05) is 20.8 Å². The molecule has 2 rings (SSSR count). The number of rotatable bonds is 10. The molecule has 0 aliphatic heterocycles. The van der Waals surface area contributed by atoms with Gasteiger partial charge in [0.25, 0.3) is 15.9 Å². The van der Waals surface area contributed by atoms with Crippen molar-refractivity contribution >= 4 is 15.9 Å². The third kappa shape index (κ3) is 6.37. The molecule has 2 aromatic rings. The third-order valence-corrected chi connectivity index (χ3v) is 4.86. The van der Waals surface area contributed by atoms with Gasteiger partial charge >= 0.3 is 0 Å². The van der Waals surface area contributed by atoms with Crippen LogP contribution in [0.5, 0.6) is 17.2 Å². The Labute approximate surface area is 171 Å². The summed E-state index contributed by atoms with van der Waals surface area (Å²) in [4.78, 5) is 14.3. The minimum absolute atomic E-state index is 0.0113. The molecule has 0 unspecified atom stereocenters. The van der Waals surface area contributed by atoms with Crippen LogP contribution in [0, 0.1) is 0 Å². The van der Waals surface area contributed by atoms with Gasteiger partial charge in [-0.05, 0) is 64.1 Å². The number of sulfonamides is 1. The van der Waals surface area contributed by atoms with Gasteiger partial charge in [0.05, 0.1) is 24.2 Å². The molecular formula is C20H26N2O6S. The Morgan fingerprint density at radius 1 is 0.966 bits per heavy atom. The molecule has 0 aliphatic rings. The molecule has 2 N–H and O–H groups in total. The molecule has 0 radical (unpaired) electrons. The standard InChI is InChI=1S/C20H26N2O6S/c1-5-26-18-12-11-17(13-19(18)27-6-2)29(24,25)22-21-20(23)15-7-9-16(10-8-15)28-14(3)4/h7-14,22H,5-6H2,1-4H3,(H,21,23). The minimum Gasteiger partial charge on any atom is -0.491 e. The Morgan fingerprint density at radius 2 is 1.59 bits per heavy atom. The van der Waals surface area contributed by atoms with Crippen molar-refractivity contribution in [3.63, 3.8) is 0 Å². The van der Waals surface area contributed by atoms with Gasteiger partial charge in [0.15, 0.2) is 11.5 Å². The summed E-state index contributed by atoms with van der Waals surface area (Å²) >= 11 is 0. The van der Waals surface area contributed by atoms with Crippen molar-refractivity contribution in [3.8, 4) is 17.2 Å². The third-order valence-electron chi connectivity index (χ3n) is 3.61. The second-order valence-electron chi connectivity index (χ2n) is 6.23. The molecule has 8 nitrogen and oxygen atoms in total. The topological polar surface area (TPSA) is 103 Å². The molecule has 158 valence electrons. The fourth-order valence-corrected chi connectivity index (χ4v) is 3.25. The largest absolute Gasteiger partial charge is 0.491 e. The molecule has 2 aromatic carbocycles. The van der Waals surface area contributed by atoms with Crippen LogP contribution in [0.1, 0.15) is 38.1 Å². The number of carbonyl (C=O) groups is 1. The summed E-state index contributed by atoms with van der Waals surface area (Å²) in [7, 11) is -4.00. The highest BCUT2D eigenvalue weighted by Crippen LogP contribution is 2.30. The lowest BCUT2D eigenvalue weighted by atomic mass is 10.2. The summed E-state index contributed by atoms with van der Waals surface area (Å²) < 4.78 is 41.4. The Hall–Kier alpha value is -2.78. The van der Waals surface area contributed by atoms with E-state index in [9.17, 15) is 13.2 Å². The Bertz CT molecular complexity index is 926. The molecule has 0 bridgehead atoms. The van der Waals surface area contributed by atoms with Crippen molar-refractivity contribution in [2.75, 3.05) is 13.2 Å². The van der Waals surface area contributed by atoms with E-state index in [4.69, 9.17) is 14.2 Å². The highest BCUT2D eigenvalue weighted by atomic mass is 32.2. The Kier molecular flexibility index (Phi) is 7.86. The van der Waals surface area contributed by atoms with Crippen LogP contribution in [0.25, 0.3) is 0 Å². The molecule has 9 heteroatoms. The normalized spacial score (nSPS) is 11.2. The van der Waals surface area contributed by atoms with E-state index in [2.05, 4.69) is 10.3 Å². The number of benzene rings is 2. The summed E-state index contributed by atoms with van der Waals surface area (Å²) in [6.07, 6.45) is 0.0113. The molecule has 0 heterocycles. The van der Waals surface area contributed by atoms with Gasteiger partial charge in [-0.15, -0.1) is 4.83 Å². The lowest BCUT2D eigenvalue weighted by molar-refractivity contribution is 0.0945. The van der Waals surface area contributed by atoms with Crippen molar-refractivity contribution in [3.05, 3.63) is 48.0 Å². The molecule has 0 fully saturated rings. The number of ether oxygens (including phenoxy) is 3. The second-order valence-corrected chi connectivity index (χ2v) is 7.91. The number of hydrogen-bond acceptors (Lipinski definition) is 6. The lowest BCUT2D eigenvalue weighted by Gasteiger charge is -2.13. The molecule has 0 spiro atoms. The van der Waals surface area contributed by atoms with Crippen LogP contribution in [-0.2, 0) is 10.0 Å². The number of carbonyl (C=O) groups excluding carboxylic acids is 1. The van der Waals surface area contributed by atoms with Crippen molar-refractivity contribution < 1.29 is 27.4 Å². The molecule has 29 heavy (non-hydrogen) atoms. The van der Waals surface area contributed by atoms with Crippen LogP contribution in [0.2, 0.25) is 0 Å². The summed E-state index contributed by atoms with van der Waals surface area (Å²) in [5.41, 5.74) is 2.48. The van der Waals surface area contributed by atoms with Crippen LogP contribution in [0.3, 0.4) is 0 Å². The van der Waals surface area contributed by atoms with Crippen molar-refractivity contribution in [1.82, 2.24) is 10.3 Å². The highest BCUT2D eigenvalue weighted by Gasteiger charge is 2.19. The number of amides is 1. The summed E-state index contributed by atoms with van der Waals surface area (Å²) in [6, 6.07) is 10.6. The second kappa shape index (κ2) is 10.1. The number of hydrazine groups is 1. The van der Waals surface area contributed by atoms with E-state index in [1.165, 1.54) is 18.2 Å². The molecule has 0 aliphatic carbocycles. The lowest BCUT2D eigenvalue weighted by Crippen LogP contribution is -2.41.